The molecule has 0 saturated carbocycles. The number of amides is 1. The summed E-state index contributed by atoms with van der Waals surface area (Å²) < 4.78 is 0. The normalized spacial score (nSPS) is 17.9. The van der Waals surface area contributed by atoms with Gasteiger partial charge in [0.25, 0.3) is 11.6 Å². The lowest BCUT2D eigenvalue weighted by Crippen LogP contribution is -2.59. The van der Waals surface area contributed by atoms with Gasteiger partial charge in [0.15, 0.2) is 0 Å². The highest BCUT2D eigenvalue weighted by Crippen LogP contribution is 2.26. The number of hydrogen-bond donors (Lipinski definition) is 1. The van der Waals surface area contributed by atoms with Gasteiger partial charge in [0.05, 0.1) is 10.5 Å². The minimum Gasteiger partial charge on any atom is -0.331 e. The third kappa shape index (κ3) is 2.73. The van der Waals surface area contributed by atoms with E-state index < -0.39 is 16.4 Å². The molecule has 0 atom stereocenters. The molecule has 2 heterocycles. The van der Waals surface area contributed by atoms with Crippen LogP contribution in [0.5, 0.6) is 0 Å². The number of hydrogen-bond acceptors (Lipinski definition) is 5. The van der Waals surface area contributed by atoms with Crippen molar-refractivity contribution in [2.24, 2.45) is 0 Å². The molecule has 1 fully saturated rings. The Hall–Kier alpha value is -1.73. The molecule has 0 bridgehead atoms. The fourth-order valence-electron chi connectivity index (χ4n) is 2.24. The lowest BCUT2D eigenvalue weighted by atomic mass is 9.98. The van der Waals surface area contributed by atoms with Crippen molar-refractivity contribution in [1.29, 1.82) is 0 Å². The first kappa shape index (κ1) is 14.7. The molecule has 0 spiro atoms. The van der Waals surface area contributed by atoms with Gasteiger partial charge in [-0.15, -0.1) is 0 Å². The molecule has 1 amide bonds. The van der Waals surface area contributed by atoms with E-state index in [-0.39, 0.29) is 16.4 Å². The second kappa shape index (κ2) is 5.34. The molecule has 0 aliphatic carbocycles. The Balaban J connectivity index is 2.42. The van der Waals surface area contributed by atoms with Crippen molar-refractivity contribution in [3.63, 3.8) is 0 Å². The monoisotopic (exact) mass is 298 g/mol. The molecule has 0 radical (unpaired) electrons. The first-order valence-electron chi connectivity index (χ1n) is 6.15. The molecule has 7 nitrogen and oxygen atoms in total. The highest BCUT2D eigenvalue weighted by atomic mass is 35.5. The van der Waals surface area contributed by atoms with Gasteiger partial charge in [-0.25, -0.2) is 4.98 Å². The second-order valence-corrected chi connectivity index (χ2v) is 5.61. The Bertz CT molecular complexity index is 562. The number of halogens is 1. The first-order chi connectivity index (χ1) is 9.33. The van der Waals surface area contributed by atoms with Crippen molar-refractivity contribution < 1.29 is 9.72 Å². The molecule has 20 heavy (non-hydrogen) atoms. The number of rotatable bonds is 2. The molecule has 1 aromatic heterocycles. The highest BCUT2D eigenvalue weighted by molar-refractivity contribution is 6.29. The van der Waals surface area contributed by atoms with Gasteiger partial charge in [0.2, 0.25) is 0 Å². The number of nitro groups is 1. The maximum absolute atomic E-state index is 12.6. The molecule has 1 aliphatic rings. The van der Waals surface area contributed by atoms with Gasteiger partial charge in [-0.1, -0.05) is 11.6 Å². The standard InChI is InChI=1S/C12H15ClN4O3/c1-12(2)7-14-3-4-16(12)11(18)8-5-10(13)15-6-9(8)17(19)20/h5-6,14H,3-4,7H2,1-2H3. The molecule has 0 aromatic carbocycles. The summed E-state index contributed by atoms with van der Waals surface area (Å²) in [5.74, 6) is -0.396. The molecule has 8 heteroatoms. The van der Waals surface area contributed by atoms with Crippen LogP contribution in [0.2, 0.25) is 5.15 Å². The molecule has 2 rings (SSSR count). The Labute approximate surface area is 121 Å². The van der Waals surface area contributed by atoms with E-state index in [9.17, 15) is 14.9 Å². The second-order valence-electron chi connectivity index (χ2n) is 5.23. The van der Waals surface area contributed by atoms with Crippen molar-refractivity contribution in [3.8, 4) is 0 Å². The molecule has 0 unspecified atom stereocenters. The average Bonchev–Trinajstić information content (AvgIpc) is 2.37. The zero-order valence-electron chi connectivity index (χ0n) is 11.2. The first-order valence-corrected chi connectivity index (χ1v) is 6.53. The summed E-state index contributed by atoms with van der Waals surface area (Å²) in [5.41, 5.74) is -0.766. The van der Waals surface area contributed by atoms with E-state index in [2.05, 4.69) is 10.3 Å². The quantitative estimate of drug-likeness (QED) is 0.507. The molecule has 1 aliphatic heterocycles. The maximum atomic E-state index is 12.6. The van der Waals surface area contributed by atoms with Gasteiger partial charge < -0.3 is 10.2 Å². The van der Waals surface area contributed by atoms with Gasteiger partial charge >= 0.3 is 0 Å². The zero-order chi connectivity index (χ0) is 14.9. The number of nitrogens with one attached hydrogen (secondary N) is 1. The van der Waals surface area contributed by atoms with Crippen molar-refractivity contribution in [2.75, 3.05) is 19.6 Å². The Morgan fingerprint density at radius 2 is 2.30 bits per heavy atom. The Morgan fingerprint density at radius 3 is 2.90 bits per heavy atom. The Kier molecular flexibility index (Phi) is 3.92. The molecule has 108 valence electrons. The van der Waals surface area contributed by atoms with Crippen molar-refractivity contribution in [2.45, 2.75) is 19.4 Å². The van der Waals surface area contributed by atoms with Crippen LogP contribution in [0.25, 0.3) is 0 Å². The fraction of sp³-hybridized carbons (Fsp3) is 0.500. The van der Waals surface area contributed by atoms with Crippen LogP contribution in [-0.2, 0) is 0 Å². The SMILES string of the molecule is CC1(C)CNCCN1C(=O)c1cc(Cl)ncc1[N+](=O)[O-]. The summed E-state index contributed by atoms with van der Waals surface area (Å²) in [6.45, 7) is 5.59. The summed E-state index contributed by atoms with van der Waals surface area (Å²) in [4.78, 5) is 28.3. The summed E-state index contributed by atoms with van der Waals surface area (Å²) in [5, 5.41) is 14.3. The van der Waals surface area contributed by atoms with Gasteiger partial charge in [-0.2, -0.15) is 0 Å². The minimum absolute atomic E-state index is 0.0232. The molecular weight excluding hydrogens is 284 g/mol. The minimum atomic E-state index is -0.619. The van der Waals surface area contributed by atoms with Gasteiger partial charge in [0, 0.05) is 19.6 Å². The van der Waals surface area contributed by atoms with Crippen LogP contribution in [-0.4, -0.2) is 45.9 Å². The maximum Gasteiger partial charge on any atom is 0.300 e. The van der Waals surface area contributed by atoms with Crippen LogP contribution in [0.4, 0.5) is 5.69 Å². The number of aromatic nitrogens is 1. The lowest BCUT2D eigenvalue weighted by molar-refractivity contribution is -0.385. The third-order valence-corrected chi connectivity index (χ3v) is 3.53. The van der Waals surface area contributed by atoms with Crippen LogP contribution in [0.1, 0.15) is 24.2 Å². The predicted molar refractivity (Wildman–Crippen MR) is 73.9 cm³/mol. The molecular formula is C12H15ClN4O3. The van der Waals surface area contributed by atoms with Gasteiger partial charge in [0.1, 0.15) is 16.9 Å². The van der Waals surface area contributed by atoms with E-state index in [1.807, 2.05) is 13.8 Å². The van der Waals surface area contributed by atoms with E-state index in [1.165, 1.54) is 6.07 Å². The largest absolute Gasteiger partial charge is 0.331 e. The zero-order valence-corrected chi connectivity index (χ0v) is 12.0. The third-order valence-electron chi connectivity index (χ3n) is 3.32. The Morgan fingerprint density at radius 1 is 1.60 bits per heavy atom. The van der Waals surface area contributed by atoms with Crippen LogP contribution in [0, 0.1) is 10.1 Å². The number of nitrogens with zero attached hydrogens (tertiary/aromatic N) is 3. The van der Waals surface area contributed by atoms with Crippen LogP contribution >= 0.6 is 11.6 Å². The van der Waals surface area contributed by atoms with Crippen LogP contribution in [0.15, 0.2) is 12.3 Å². The van der Waals surface area contributed by atoms with E-state index in [1.54, 1.807) is 4.90 Å². The van der Waals surface area contributed by atoms with Crippen LogP contribution < -0.4 is 5.32 Å². The fourth-order valence-corrected chi connectivity index (χ4v) is 2.40. The predicted octanol–water partition coefficient (Wildman–Crippen LogP) is 1.47. The van der Waals surface area contributed by atoms with Crippen molar-refractivity contribution in [3.05, 3.63) is 33.1 Å². The van der Waals surface area contributed by atoms with E-state index in [0.717, 1.165) is 6.20 Å². The molecule has 1 N–H and O–H groups in total. The molecule has 1 saturated heterocycles. The lowest BCUT2D eigenvalue weighted by Gasteiger charge is -2.42. The van der Waals surface area contributed by atoms with Crippen molar-refractivity contribution in [1.82, 2.24) is 15.2 Å². The number of carbonyl (C=O) groups excluding carboxylic acids is 1. The number of piperazine rings is 1. The van der Waals surface area contributed by atoms with Crippen molar-refractivity contribution >= 4 is 23.2 Å². The highest BCUT2D eigenvalue weighted by Gasteiger charge is 2.36. The number of pyridine rings is 1. The topological polar surface area (TPSA) is 88.4 Å². The number of carbonyl (C=O) groups is 1. The van der Waals surface area contributed by atoms with Gasteiger partial charge in [-0.05, 0) is 19.9 Å². The summed E-state index contributed by atoms with van der Waals surface area (Å²) in [6.07, 6.45) is 1.02. The van der Waals surface area contributed by atoms with E-state index >= 15 is 0 Å². The summed E-state index contributed by atoms with van der Waals surface area (Å²) >= 11 is 5.76. The summed E-state index contributed by atoms with van der Waals surface area (Å²) in [6, 6.07) is 1.25. The van der Waals surface area contributed by atoms with E-state index in [4.69, 9.17) is 11.6 Å². The van der Waals surface area contributed by atoms with E-state index in [0.29, 0.717) is 19.6 Å². The summed E-state index contributed by atoms with van der Waals surface area (Å²) in [7, 11) is 0. The van der Waals surface area contributed by atoms with Crippen LogP contribution in [0.3, 0.4) is 0 Å². The molecule has 1 aromatic rings. The van der Waals surface area contributed by atoms with Gasteiger partial charge in [-0.3, -0.25) is 14.9 Å². The average molecular weight is 299 g/mol. The smallest absolute Gasteiger partial charge is 0.300 e.